The Balaban J connectivity index is 1.81. The van der Waals surface area contributed by atoms with Crippen LogP contribution in [0.25, 0.3) is 16.4 Å². The van der Waals surface area contributed by atoms with Crippen molar-refractivity contribution >= 4 is 45.0 Å². The Bertz CT molecular complexity index is 1220. The lowest BCUT2D eigenvalue weighted by atomic mass is 10.2. The summed E-state index contributed by atoms with van der Waals surface area (Å²) in [5.74, 6) is -0.527. The summed E-state index contributed by atoms with van der Waals surface area (Å²) >= 11 is 4.03. The van der Waals surface area contributed by atoms with E-state index in [4.69, 9.17) is 0 Å². The number of aromatic nitrogens is 3. The minimum atomic E-state index is -3.99. The molecule has 6 nitrogen and oxygen atoms in total. The van der Waals surface area contributed by atoms with Crippen molar-refractivity contribution in [3.63, 3.8) is 0 Å². The van der Waals surface area contributed by atoms with Gasteiger partial charge in [-0.3, -0.25) is 4.40 Å². The third kappa shape index (κ3) is 2.71. The zero-order valence-electron chi connectivity index (χ0n) is 12.6. The predicted octanol–water partition coefficient (Wildman–Crippen LogP) is 3.11. The van der Waals surface area contributed by atoms with Gasteiger partial charge in [0.2, 0.25) is 5.95 Å². The Kier molecular flexibility index (Phi) is 3.62. The number of halogens is 1. The van der Waals surface area contributed by atoms with E-state index in [0.717, 1.165) is 29.0 Å². The van der Waals surface area contributed by atoms with Crippen molar-refractivity contribution in [3.8, 4) is 0 Å². The monoisotopic (exact) mass is 374 g/mol. The van der Waals surface area contributed by atoms with Gasteiger partial charge >= 0.3 is 0 Å². The number of thiol groups is 1. The maximum Gasteiger partial charge on any atom is 0.265 e. The topological polar surface area (TPSA) is 76.4 Å². The van der Waals surface area contributed by atoms with Crippen LogP contribution >= 0.6 is 12.6 Å². The van der Waals surface area contributed by atoms with Gasteiger partial charge in [-0.1, -0.05) is 24.3 Å². The molecule has 0 aliphatic carbocycles. The molecule has 126 valence electrons. The van der Waals surface area contributed by atoms with Crippen molar-refractivity contribution in [1.29, 1.82) is 0 Å². The molecular formula is C16H11FN4O2S2. The molecule has 25 heavy (non-hydrogen) atoms. The van der Waals surface area contributed by atoms with E-state index in [1.54, 1.807) is 10.6 Å². The smallest absolute Gasteiger partial charge is 0.265 e. The van der Waals surface area contributed by atoms with E-state index in [9.17, 15) is 12.8 Å². The van der Waals surface area contributed by atoms with E-state index >= 15 is 0 Å². The van der Waals surface area contributed by atoms with Crippen LogP contribution < -0.4 is 4.72 Å². The van der Waals surface area contributed by atoms with Gasteiger partial charge in [0.05, 0.1) is 0 Å². The minimum absolute atomic E-state index is 0.00627. The molecule has 0 aliphatic heterocycles. The summed E-state index contributed by atoms with van der Waals surface area (Å²) < 4.78 is 42.2. The summed E-state index contributed by atoms with van der Waals surface area (Å²) in [4.78, 5) is -0.137. The second-order valence-electron chi connectivity index (χ2n) is 5.34. The lowest BCUT2D eigenvalue weighted by Gasteiger charge is -2.09. The van der Waals surface area contributed by atoms with Crippen LogP contribution in [0.5, 0.6) is 0 Å². The number of hydrogen-bond acceptors (Lipinski definition) is 5. The summed E-state index contributed by atoms with van der Waals surface area (Å²) in [6.07, 6.45) is 1.68. The number of anilines is 1. The lowest BCUT2D eigenvalue weighted by molar-refractivity contribution is 0.595. The molecule has 2 heterocycles. The largest absolute Gasteiger partial charge is 0.268 e. The number of pyridine rings is 1. The van der Waals surface area contributed by atoms with Crippen molar-refractivity contribution in [1.82, 2.24) is 14.6 Å². The average molecular weight is 374 g/mol. The summed E-state index contributed by atoms with van der Waals surface area (Å²) in [6, 6.07) is 12.7. The van der Waals surface area contributed by atoms with E-state index in [0.29, 0.717) is 5.65 Å². The maximum absolute atomic E-state index is 13.2. The summed E-state index contributed by atoms with van der Waals surface area (Å²) in [6.45, 7) is 0. The first-order valence-corrected chi connectivity index (χ1v) is 9.12. The molecule has 0 atom stereocenters. The Hall–Kier alpha value is -2.65. The van der Waals surface area contributed by atoms with Gasteiger partial charge in [-0.05, 0) is 29.7 Å². The van der Waals surface area contributed by atoms with Gasteiger partial charge in [-0.15, -0.1) is 22.8 Å². The van der Waals surface area contributed by atoms with Crippen molar-refractivity contribution in [2.45, 2.75) is 9.79 Å². The van der Waals surface area contributed by atoms with Crippen LogP contribution in [-0.2, 0) is 10.0 Å². The van der Waals surface area contributed by atoms with Gasteiger partial charge in [0, 0.05) is 16.5 Å². The molecule has 2 aromatic heterocycles. The first-order valence-electron chi connectivity index (χ1n) is 7.19. The van der Waals surface area contributed by atoms with Crippen LogP contribution in [0.3, 0.4) is 0 Å². The molecule has 0 saturated carbocycles. The fourth-order valence-corrected chi connectivity index (χ4v) is 4.21. The van der Waals surface area contributed by atoms with E-state index in [-0.39, 0.29) is 15.7 Å². The highest BCUT2D eigenvalue weighted by Crippen LogP contribution is 2.25. The van der Waals surface area contributed by atoms with Gasteiger partial charge in [0.1, 0.15) is 10.7 Å². The average Bonchev–Trinajstić information content (AvgIpc) is 2.97. The highest BCUT2D eigenvalue weighted by Gasteiger charge is 2.21. The molecule has 4 aromatic rings. The van der Waals surface area contributed by atoms with Crippen LogP contribution in [-0.4, -0.2) is 23.0 Å². The van der Waals surface area contributed by atoms with Crippen LogP contribution in [0, 0.1) is 5.82 Å². The highest BCUT2D eigenvalue weighted by atomic mass is 32.2. The fourth-order valence-electron chi connectivity index (χ4n) is 2.58. The molecule has 0 unspecified atom stereocenters. The van der Waals surface area contributed by atoms with Gasteiger partial charge in [0.15, 0.2) is 5.65 Å². The number of fused-ring (bicyclic) bond motifs is 3. The molecule has 0 radical (unpaired) electrons. The molecule has 2 aromatic carbocycles. The number of nitrogens with one attached hydrogen (secondary N) is 1. The van der Waals surface area contributed by atoms with Crippen LogP contribution in [0.1, 0.15) is 0 Å². The third-order valence-corrected chi connectivity index (χ3v) is 5.64. The Morgan fingerprint density at radius 2 is 1.88 bits per heavy atom. The predicted molar refractivity (Wildman–Crippen MR) is 95.0 cm³/mol. The number of nitrogens with zero attached hydrogens (tertiary/aromatic N) is 3. The fraction of sp³-hybridized carbons (Fsp3) is 0. The molecule has 0 aliphatic rings. The maximum atomic E-state index is 13.2. The van der Waals surface area contributed by atoms with E-state index in [2.05, 4.69) is 27.5 Å². The molecule has 4 rings (SSSR count). The van der Waals surface area contributed by atoms with Crippen molar-refractivity contribution < 1.29 is 12.8 Å². The van der Waals surface area contributed by atoms with Gasteiger partial charge < -0.3 is 0 Å². The molecular weight excluding hydrogens is 363 g/mol. The van der Waals surface area contributed by atoms with Gasteiger partial charge in [0.25, 0.3) is 10.0 Å². The second-order valence-corrected chi connectivity index (χ2v) is 7.47. The minimum Gasteiger partial charge on any atom is -0.268 e. The van der Waals surface area contributed by atoms with Crippen molar-refractivity contribution in [2.24, 2.45) is 0 Å². The summed E-state index contributed by atoms with van der Waals surface area (Å²) in [5, 5.41) is 9.81. The molecule has 0 fully saturated rings. The van der Waals surface area contributed by atoms with Gasteiger partial charge in [-0.25, -0.2) is 17.5 Å². The SMILES string of the molecule is O=S(=O)(Nc1nnc2c3ccccc3ccn12)c1ccc(F)cc1S. The zero-order chi connectivity index (χ0) is 17.6. The highest BCUT2D eigenvalue weighted by molar-refractivity contribution is 7.93. The standard InChI is InChI=1S/C16H11FN4O2S2/c17-11-5-6-14(13(24)9-11)25(22,23)20-16-19-18-15-12-4-2-1-3-10(12)7-8-21(15)16/h1-9,24H,(H,19,20). The van der Waals surface area contributed by atoms with Crippen molar-refractivity contribution in [2.75, 3.05) is 4.72 Å². The molecule has 1 N–H and O–H groups in total. The molecule has 0 spiro atoms. The normalized spacial score (nSPS) is 11.9. The molecule has 0 amide bonds. The van der Waals surface area contributed by atoms with Crippen LogP contribution in [0.4, 0.5) is 10.3 Å². The number of sulfonamides is 1. The molecule has 0 bridgehead atoms. The van der Waals surface area contributed by atoms with E-state index < -0.39 is 15.8 Å². The Morgan fingerprint density at radius 3 is 2.68 bits per heavy atom. The van der Waals surface area contributed by atoms with Gasteiger partial charge in [-0.2, -0.15) is 0 Å². The number of hydrogen-bond donors (Lipinski definition) is 2. The Morgan fingerprint density at radius 1 is 1.08 bits per heavy atom. The summed E-state index contributed by atoms with van der Waals surface area (Å²) in [5.41, 5.74) is 0.529. The second kappa shape index (κ2) is 5.71. The first-order chi connectivity index (χ1) is 12.0. The molecule has 9 heteroatoms. The quantitative estimate of drug-likeness (QED) is 0.540. The van der Waals surface area contributed by atoms with Crippen molar-refractivity contribution in [3.05, 3.63) is 60.5 Å². The van der Waals surface area contributed by atoms with Crippen LogP contribution in [0.15, 0.2) is 64.5 Å². The lowest BCUT2D eigenvalue weighted by Crippen LogP contribution is -2.15. The van der Waals surface area contributed by atoms with E-state index in [1.807, 2.05) is 30.3 Å². The third-order valence-electron chi connectivity index (χ3n) is 3.74. The first kappa shape index (κ1) is 15.9. The number of benzene rings is 2. The summed E-state index contributed by atoms with van der Waals surface area (Å²) in [7, 11) is -3.99. The van der Waals surface area contributed by atoms with E-state index in [1.165, 1.54) is 0 Å². The van der Waals surface area contributed by atoms with Crippen LogP contribution in [0.2, 0.25) is 0 Å². The Labute approximate surface area is 147 Å². The zero-order valence-corrected chi connectivity index (χ0v) is 14.3. The number of rotatable bonds is 3. The molecule has 0 saturated heterocycles.